The van der Waals surface area contributed by atoms with Gasteiger partial charge in [-0.3, -0.25) is 9.59 Å². The topological polar surface area (TPSA) is 49.4 Å². The van der Waals surface area contributed by atoms with Gasteiger partial charge in [-0.1, -0.05) is 20.8 Å². The summed E-state index contributed by atoms with van der Waals surface area (Å²) in [5, 5.41) is 3.10. The van der Waals surface area contributed by atoms with Crippen molar-refractivity contribution in [3.63, 3.8) is 0 Å². The van der Waals surface area contributed by atoms with Crippen molar-refractivity contribution in [2.75, 3.05) is 13.1 Å². The Morgan fingerprint density at radius 2 is 1.61 bits per heavy atom. The molecule has 0 spiro atoms. The summed E-state index contributed by atoms with van der Waals surface area (Å²) in [6, 6.07) is 0.266. The molecule has 0 aromatic carbocycles. The Kier molecular flexibility index (Phi) is 3.64. The van der Waals surface area contributed by atoms with Crippen molar-refractivity contribution in [1.82, 2.24) is 10.2 Å². The average molecular weight is 252 g/mol. The summed E-state index contributed by atoms with van der Waals surface area (Å²) in [6.45, 7) is 7.40. The number of nitrogens with zero attached hydrogens (tertiary/aromatic N) is 1. The summed E-state index contributed by atoms with van der Waals surface area (Å²) in [5.74, 6) is 0.712. The molecule has 0 bridgehead atoms. The number of piperidine rings is 1. The number of carbonyl (C=O) groups excluding carboxylic acids is 2. The van der Waals surface area contributed by atoms with E-state index in [1.54, 1.807) is 0 Å². The van der Waals surface area contributed by atoms with Crippen LogP contribution >= 0.6 is 0 Å². The third kappa shape index (κ3) is 3.24. The molecule has 1 saturated carbocycles. The summed E-state index contributed by atoms with van der Waals surface area (Å²) in [7, 11) is 0. The quantitative estimate of drug-likeness (QED) is 0.810. The molecule has 1 heterocycles. The number of carbonyl (C=O) groups is 2. The molecule has 1 N–H and O–H groups in total. The largest absolute Gasteiger partial charge is 0.353 e. The van der Waals surface area contributed by atoms with E-state index in [-0.39, 0.29) is 29.2 Å². The van der Waals surface area contributed by atoms with E-state index in [4.69, 9.17) is 0 Å². The molecule has 4 heteroatoms. The average Bonchev–Trinajstić information content (AvgIpc) is 3.11. The first-order valence-corrected chi connectivity index (χ1v) is 6.97. The van der Waals surface area contributed by atoms with Gasteiger partial charge in [0, 0.05) is 30.5 Å². The lowest BCUT2D eigenvalue weighted by Crippen LogP contribution is -2.49. The van der Waals surface area contributed by atoms with E-state index in [0.29, 0.717) is 0 Å². The highest BCUT2D eigenvalue weighted by Gasteiger charge is 2.33. The van der Waals surface area contributed by atoms with Gasteiger partial charge in [0.25, 0.3) is 0 Å². The molecule has 0 unspecified atom stereocenters. The standard InChI is InChI=1S/C14H24N2O2/c1-14(2,3)13(18)16-8-6-11(7-9-16)15-12(17)10-4-5-10/h10-11H,4-9H2,1-3H3,(H,15,17). The third-order valence-electron chi connectivity index (χ3n) is 3.72. The zero-order valence-electron chi connectivity index (χ0n) is 11.7. The van der Waals surface area contributed by atoms with Crippen LogP contribution in [0.3, 0.4) is 0 Å². The van der Waals surface area contributed by atoms with Crippen LogP contribution in [0.5, 0.6) is 0 Å². The van der Waals surface area contributed by atoms with E-state index in [9.17, 15) is 9.59 Å². The van der Waals surface area contributed by atoms with E-state index in [1.165, 1.54) is 0 Å². The van der Waals surface area contributed by atoms with Crippen LogP contribution in [-0.2, 0) is 9.59 Å². The Bertz CT molecular complexity index is 334. The predicted molar refractivity (Wildman–Crippen MR) is 69.9 cm³/mol. The van der Waals surface area contributed by atoms with Gasteiger partial charge in [0.05, 0.1) is 0 Å². The first kappa shape index (κ1) is 13.4. The van der Waals surface area contributed by atoms with Crippen molar-refractivity contribution >= 4 is 11.8 Å². The lowest BCUT2D eigenvalue weighted by molar-refractivity contribution is -0.140. The fourth-order valence-corrected chi connectivity index (χ4v) is 2.37. The van der Waals surface area contributed by atoms with E-state index in [2.05, 4.69) is 5.32 Å². The monoisotopic (exact) mass is 252 g/mol. The second-order valence-electron chi connectivity index (χ2n) is 6.60. The van der Waals surface area contributed by atoms with Crippen LogP contribution < -0.4 is 5.32 Å². The lowest BCUT2D eigenvalue weighted by Gasteiger charge is -2.36. The number of hydrogen-bond donors (Lipinski definition) is 1. The van der Waals surface area contributed by atoms with Crippen LogP contribution in [-0.4, -0.2) is 35.8 Å². The van der Waals surface area contributed by atoms with Crippen molar-refractivity contribution in [2.24, 2.45) is 11.3 Å². The van der Waals surface area contributed by atoms with E-state index in [0.717, 1.165) is 38.8 Å². The van der Waals surface area contributed by atoms with Crippen LogP contribution in [0.4, 0.5) is 0 Å². The van der Waals surface area contributed by atoms with Gasteiger partial charge in [0.2, 0.25) is 11.8 Å². The van der Waals surface area contributed by atoms with Crippen LogP contribution in [0.15, 0.2) is 0 Å². The zero-order valence-corrected chi connectivity index (χ0v) is 11.7. The van der Waals surface area contributed by atoms with Gasteiger partial charge in [-0.2, -0.15) is 0 Å². The molecule has 102 valence electrons. The molecular weight excluding hydrogens is 228 g/mol. The summed E-state index contributed by atoms with van der Waals surface area (Å²) in [4.78, 5) is 25.7. The summed E-state index contributed by atoms with van der Waals surface area (Å²) in [6.07, 6.45) is 3.88. The van der Waals surface area contributed by atoms with Crippen LogP contribution in [0.2, 0.25) is 0 Å². The van der Waals surface area contributed by atoms with E-state index < -0.39 is 0 Å². The molecular formula is C14H24N2O2. The molecule has 0 aromatic heterocycles. The molecule has 0 atom stereocenters. The summed E-state index contributed by atoms with van der Waals surface area (Å²) in [5.41, 5.74) is -0.301. The Labute approximate surface area is 109 Å². The molecule has 0 radical (unpaired) electrons. The smallest absolute Gasteiger partial charge is 0.227 e. The van der Waals surface area contributed by atoms with Gasteiger partial charge in [0.15, 0.2) is 0 Å². The fourth-order valence-electron chi connectivity index (χ4n) is 2.37. The number of rotatable bonds is 2. The van der Waals surface area contributed by atoms with Crippen molar-refractivity contribution in [2.45, 2.75) is 52.5 Å². The van der Waals surface area contributed by atoms with Gasteiger partial charge >= 0.3 is 0 Å². The van der Waals surface area contributed by atoms with E-state index in [1.807, 2.05) is 25.7 Å². The molecule has 2 rings (SSSR count). The highest BCUT2D eigenvalue weighted by atomic mass is 16.2. The highest BCUT2D eigenvalue weighted by Crippen LogP contribution is 2.29. The Morgan fingerprint density at radius 3 is 2.06 bits per heavy atom. The molecule has 2 fully saturated rings. The fraction of sp³-hybridized carbons (Fsp3) is 0.857. The maximum absolute atomic E-state index is 12.1. The van der Waals surface area contributed by atoms with Crippen LogP contribution in [0, 0.1) is 11.3 Å². The van der Waals surface area contributed by atoms with Gasteiger partial charge in [-0.25, -0.2) is 0 Å². The van der Waals surface area contributed by atoms with Crippen molar-refractivity contribution < 1.29 is 9.59 Å². The van der Waals surface area contributed by atoms with Crippen LogP contribution in [0.25, 0.3) is 0 Å². The first-order chi connectivity index (χ1) is 8.38. The Hall–Kier alpha value is -1.06. The van der Waals surface area contributed by atoms with Crippen LogP contribution in [0.1, 0.15) is 46.5 Å². The first-order valence-electron chi connectivity index (χ1n) is 6.97. The maximum atomic E-state index is 12.1. The lowest BCUT2D eigenvalue weighted by atomic mass is 9.93. The van der Waals surface area contributed by atoms with Gasteiger partial charge in [0.1, 0.15) is 0 Å². The number of likely N-dealkylation sites (tertiary alicyclic amines) is 1. The highest BCUT2D eigenvalue weighted by molar-refractivity contribution is 5.82. The number of hydrogen-bond acceptors (Lipinski definition) is 2. The molecule has 2 aliphatic rings. The predicted octanol–water partition coefficient (Wildman–Crippen LogP) is 1.55. The minimum Gasteiger partial charge on any atom is -0.353 e. The second-order valence-corrected chi connectivity index (χ2v) is 6.60. The van der Waals surface area contributed by atoms with Gasteiger partial charge in [-0.05, 0) is 25.7 Å². The molecule has 1 aliphatic carbocycles. The van der Waals surface area contributed by atoms with Gasteiger partial charge < -0.3 is 10.2 Å². The SMILES string of the molecule is CC(C)(C)C(=O)N1CCC(NC(=O)C2CC2)CC1. The third-order valence-corrected chi connectivity index (χ3v) is 3.72. The normalized spacial score (nSPS) is 21.8. The van der Waals surface area contributed by atoms with Crippen molar-refractivity contribution in [3.8, 4) is 0 Å². The number of amides is 2. The molecule has 4 nitrogen and oxygen atoms in total. The number of nitrogens with one attached hydrogen (secondary N) is 1. The Balaban J connectivity index is 1.77. The zero-order chi connectivity index (χ0) is 13.3. The van der Waals surface area contributed by atoms with Gasteiger partial charge in [-0.15, -0.1) is 0 Å². The molecule has 1 aliphatic heterocycles. The minimum atomic E-state index is -0.301. The van der Waals surface area contributed by atoms with E-state index >= 15 is 0 Å². The maximum Gasteiger partial charge on any atom is 0.227 e. The molecule has 1 saturated heterocycles. The second kappa shape index (κ2) is 4.90. The summed E-state index contributed by atoms with van der Waals surface area (Å²) < 4.78 is 0. The Morgan fingerprint density at radius 1 is 1.06 bits per heavy atom. The summed E-state index contributed by atoms with van der Waals surface area (Å²) >= 11 is 0. The minimum absolute atomic E-state index is 0.217. The molecule has 18 heavy (non-hydrogen) atoms. The molecule has 2 amide bonds. The molecule has 0 aromatic rings. The van der Waals surface area contributed by atoms with Crippen molar-refractivity contribution in [3.05, 3.63) is 0 Å². The van der Waals surface area contributed by atoms with Crippen molar-refractivity contribution in [1.29, 1.82) is 0 Å².